The van der Waals surface area contributed by atoms with Crippen molar-refractivity contribution in [2.45, 2.75) is 19.8 Å². The van der Waals surface area contributed by atoms with Crippen LogP contribution in [-0.4, -0.2) is 36.0 Å². The van der Waals surface area contributed by atoms with Gasteiger partial charge in [-0.3, -0.25) is 14.9 Å². The number of imidazole rings is 1. The Morgan fingerprint density at radius 1 is 1.11 bits per heavy atom. The first-order valence-corrected chi connectivity index (χ1v) is 12.4. The topological polar surface area (TPSA) is 112 Å². The Labute approximate surface area is 212 Å². The molecule has 3 N–H and O–H groups in total. The number of hydrogen-bond donors (Lipinski definition) is 3. The largest absolute Gasteiger partial charge is 0.335 e. The maximum absolute atomic E-state index is 15.1. The van der Waals surface area contributed by atoms with E-state index >= 15 is 4.39 Å². The molecular weight excluding hydrogens is 496 g/mol. The summed E-state index contributed by atoms with van der Waals surface area (Å²) in [5.74, 6) is -0.201. The second-order valence-electron chi connectivity index (χ2n) is 8.46. The average molecular weight is 516 g/mol. The van der Waals surface area contributed by atoms with Crippen LogP contribution in [0.15, 0.2) is 55.0 Å². The van der Waals surface area contributed by atoms with Crippen LogP contribution in [0.25, 0.3) is 55.2 Å². The molecule has 37 heavy (non-hydrogen) atoms. The third-order valence-electron chi connectivity index (χ3n) is 5.91. The summed E-state index contributed by atoms with van der Waals surface area (Å²) in [7, 11) is 0. The number of aromatic amines is 2. The molecule has 0 spiro atoms. The predicted octanol–water partition coefficient (Wildman–Crippen LogP) is 6.31. The Morgan fingerprint density at radius 2 is 2.00 bits per heavy atom. The number of anilines is 1. The van der Waals surface area contributed by atoms with Crippen molar-refractivity contribution in [3.8, 4) is 33.1 Å². The number of nitrogens with one attached hydrogen (secondary N) is 3. The Hall–Kier alpha value is -4.51. The molecule has 0 atom stereocenters. The van der Waals surface area contributed by atoms with Crippen molar-refractivity contribution >= 4 is 45.0 Å². The zero-order chi connectivity index (χ0) is 25.5. The zero-order valence-electron chi connectivity index (χ0n) is 19.5. The number of halogens is 2. The van der Waals surface area contributed by atoms with E-state index in [0.717, 1.165) is 28.2 Å². The van der Waals surface area contributed by atoms with Crippen LogP contribution < -0.4 is 5.32 Å². The number of rotatable bonds is 6. The van der Waals surface area contributed by atoms with Crippen LogP contribution in [0.3, 0.4) is 0 Å². The molecule has 0 radical (unpaired) electrons. The second-order valence-corrected chi connectivity index (χ2v) is 9.49. The highest BCUT2D eigenvalue weighted by Gasteiger charge is 2.19. The molecule has 0 bridgehead atoms. The standard InChI is InChI=1S/C26H19F2N7OS/c1-2-3-21(36)31-15-8-14(11-29-12-15)13-9-17-22(18(27)10-13)34-35-24(17)26-32-23-16(6-7-30-25(23)33-26)19-4-5-20(28)37-19/h4-12H,2-3H2,1H3,(H,31,36)(H,34,35)(H,30,32,33). The van der Waals surface area contributed by atoms with Crippen molar-refractivity contribution in [1.29, 1.82) is 0 Å². The number of carbonyl (C=O) groups is 1. The fourth-order valence-electron chi connectivity index (χ4n) is 4.23. The van der Waals surface area contributed by atoms with Gasteiger partial charge in [-0.25, -0.2) is 14.4 Å². The lowest BCUT2D eigenvalue weighted by atomic mass is 10.0. The van der Waals surface area contributed by atoms with E-state index < -0.39 is 5.82 Å². The molecule has 5 aromatic heterocycles. The van der Waals surface area contributed by atoms with Gasteiger partial charge in [-0.2, -0.15) is 9.49 Å². The normalized spacial score (nSPS) is 11.4. The van der Waals surface area contributed by atoms with Gasteiger partial charge in [0.1, 0.15) is 11.2 Å². The number of hydrogen-bond acceptors (Lipinski definition) is 6. The van der Waals surface area contributed by atoms with Gasteiger partial charge in [-0.05, 0) is 48.4 Å². The summed E-state index contributed by atoms with van der Waals surface area (Å²) in [6.07, 6.45) is 5.90. The van der Waals surface area contributed by atoms with E-state index in [9.17, 15) is 9.18 Å². The molecule has 5 heterocycles. The van der Waals surface area contributed by atoms with Crippen LogP contribution in [0, 0.1) is 10.9 Å². The number of benzene rings is 1. The molecule has 6 rings (SSSR count). The minimum absolute atomic E-state index is 0.108. The Bertz CT molecular complexity index is 1790. The molecule has 0 aliphatic heterocycles. The molecule has 0 unspecified atom stereocenters. The summed E-state index contributed by atoms with van der Waals surface area (Å²) in [6.45, 7) is 1.93. The SMILES string of the molecule is CCCC(=O)Nc1cncc(-c2cc(F)c3n[nH]c(-c4nc5nccc(-c6ccc(F)s6)c5[nH]4)c3c2)c1. The number of carbonyl (C=O) groups excluding carboxylic acids is 1. The second kappa shape index (κ2) is 9.17. The maximum Gasteiger partial charge on any atom is 0.224 e. The van der Waals surface area contributed by atoms with E-state index in [1.54, 1.807) is 42.9 Å². The summed E-state index contributed by atoms with van der Waals surface area (Å²) in [6, 6.07) is 9.83. The van der Waals surface area contributed by atoms with Gasteiger partial charge < -0.3 is 10.3 Å². The Kier molecular flexibility index (Phi) is 5.68. The monoisotopic (exact) mass is 515 g/mol. The molecule has 0 aliphatic carbocycles. The van der Waals surface area contributed by atoms with Crippen molar-refractivity contribution < 1.29 is 13.6 Å². The molecule has 1 aromatic carbocycles. The lowest BCUT2D eigenvalue weighted by Gasteiger charge is -2.07. The fraction of sp³-hybridized carbons (Fsp3) is 0.115. The molecule has 0 aliphatic rings. The summed E-state index contributed by atoms with van der Waals surface area (Å²) in [5, 5.41) is 10.1. The minimum Gasteiger partial charge on any atom is -0.335 e. The van der Waals surface area contributed by atoms with Crippen LogP contribution in [0.2, 0.25) is 0 Å². The number of pyridine rings is 2. The van der Waals surface area contributed by atoms with E-state index in [1.807, 2.05) is 6.92 Å². The van der Waals surface area contributed by atoms with Gasteiger partial charge >= 0.3 is 0 Å². The first-order chi connectivity index (χ1) is 18.0. The number of thiophene rings is 1. The molecule has 1 amide bonds. The highest BCUT2D eigenvalue weighted by atomic mass is 32.1. The highest BCUT2D eigenvalue weighted by molar-refractivity contribution is 7.14. The third kappa shape index (κ3) is 4.23. The quantitative estimate of drug-likeness (QED) is 0.241. The highest BCUT2D eigenvalue weighted by Crippen LogP contribution is 2.35. The molecule has 184 valence electrons. The van der Waals surface area contributed by atoms with E-state index in [0.29, 0.717) is 51.3 Å². The van der Waals surface area contributed by atoms with Crippen LogP contribution in [0.1, 0.15) is 19.8 Å². The predicted molar refractivity (Wildman–Crippen MR) is 139 cm³/mol. The van der Waals surface area contributed by atoms with Gasteiger partial charge in [0, 0.05) is 40.2 Å². The van der Waals surface area contributed by atoms with Gasteiger partial charge in [0.2, 0.25) is 5.91 Å². The molecule has 11 heteroatoms. The first kappa shape index (κ1) is 22.9. The lowest BCUT2D eigenvalue weighted by molar-refractivity contribution is -0.116. The van der Waals surface area contributed by atoms with E-state index in [2.05, 4.69) is 35.5 Å². The average Bonchev–Trinajstić information content (AvgIpc) is 3.61. The minimum atomic E-state index is -0.514. The van der Waals surface area contributed by atoms with Crippen molar-refractivity contribution in [2.75, 3.05) is 5.32 Å². The molecule has 8 nitrogen and oxygen atoms in total. The van der Waals surface area contributed by atoms with Crippen LogP contribution in [-0.2, 0) is 4.79 Å². The molecule has 0 saturated heterocycles. The summed E-state index contributed by atoms with van der Waals surface area (Å²) < 4.78 is 28.8. The van der Waals surface area contributed by atoms with Crippen molar-refractivity contribution in [2.24, 2.45) is 0 Å². The van der Waals surface area contributed by atoms with Crippen LogP contribution >= 0.6 is 11.3 Å². The van der Waals surface area contributed by atoms with Gasteiger partial charge in [0.15, 0.2) is 22.4 Å². The van der Waals surface area contributed by atoms with Gasteiger partial charge in [0.25, 0.3) is 0 Å². The smallest absolute Gasteiger partial charge is 0.224 e. The van der Waals surface area contributed by atoms with Gasteiger partial charge in [0.05, 0.1) is 17.4 Å². The van der Waals surface area contributed by atoms with Crippen molar-refractivity contribution in [3.63, 3.8) is 0 Å². The zero-order valence-corrected chi connectivity index (χ0v) is 20.3. The van der Waals surface area contributed by atoms with Crippen molar-refractivity contribution in [1.82, 2.24) is 30.1 Å². The molecule has 0 saturated carbocycles. The Balaban J connectivity index is 1.43. The molecule has 0 fully saturated rings. The summed E-state index contributed by atoms with van der Waals surface area (Å²) in [5.41, 5.74) is 4.22. The first-order valence-electron chi connectivity index (χ1n) is 11.5. The van der Waals surface area contributed by atoms with Crippen molar-refractivity contribution in [3.05, 3.63) is 65.9 Å². The van der Waals surface area contributed by atoms with E-state index in [-0.39, 0.29) is 16.6 Å². The third-order valence-corrected chi connectivity index (χ3v) is 6.82. The molecular formula is C26H19F2N7OS. The molecule has 6 aromatic rings. The maximum atomic E-state index is 15.1. The number of nitrogens with zero attached hydrogens (tertiary/aromatic N) is 4. The van der Waals surface area contributed by atoms with Gasteiger partial charge in [-0.1, -0.05) is 6.92 Å². The lowest BCUT2D eigenvalue weighted by Crippen LogP contribution is -2.10. The number of aromatic nitrogens is 6. The number of amides is 1. The van der Waals surface area contributed by atoms with Gasteiger partial charge in [-0.15, -0.1) is 11.3 Å². The van der Waals surface area contributed by atoms with E-state index in [4.69, 9.17) is 0 Å². The number of H-pyrrole nitrogens is 2. The summed E-state index contributed by atoms with van der Waals surface area (Å²) in [4.78, 5) is 29.1. The van der Waals surface area contributed by atoms with Crippen LogP contribution in [0.4, 0.5) is 14.5 Å². The van der Waals surface area contributed by atoms with E-state index in [1.165, 1.54) is 12.1 Å². The number of fused-ring (bicyclic) bond motifs is 2. The summed E-state index contributed by atoms with van der Waals surface area (Å²) >= 11 is 1.03. The fourth-order valence-corrected chi connectivity index (χ4v) is 5.00. The van der Waals surface area contributed by atoms with Crippen LogP contribution in [0.5, 0.6) is 0 Å². The Morgan fingerprint density at radius 3 is 2.81 bits per heavy atom.